The predicted molar refractivity (Wildman–Crippen MR) is 152 cm³/mol. The van der Waals surface area contributed by atoms with Gasteiger partial charge in [-0.3, -0.25) is 4.90 Å². The smallest absolute Gasteiger partial charge is 0.411 e. The van der Waals surface area contributed by atoms with E-state index in [1.165, 1.54) is 35.3 Å². The van der Waals surface area contributed by atoms with Gasteiger partial charge in [-0.15, -0.1) is 0 Å². The molecule has 2 fully saturated rings. The number of amides is 1. The van der Waals surface area contributed by atoms with Gasteiger partial charge in [0.05, 0.1) is 13.7 Å². The summed E-state index contributed by atoms with van der Waals surface area (Å²) in [7, 11) is 3.25. The van der Waals surface area contributed by atoms with Crippen molar-refractivity contribution in [1.29, 1.82) is 0 Å². The zero-order valence-corrected chi connectivity index (χ0v) is 24.2. The van der Waals surface area contributed by atoms with E-state index in [4.69, 9.17) is 14.2 Å². The lowest BCUT2D eigenvalue weighted by atomic mass is 9.80. The van der Waals surface area contributed by atoms with E-state index in [0.717, 1.165) is 32.2 Å². The molecule has 0 spiro atoms. The van der Waals surface area contributed by atoms with Gasteiger partial charge in [-0.05, 0) is 76.6 Å². The van der Waals surface area contributed by atoms with Crippen molar-refractivity contribution in [3.05, 3.63) is 59.4 Å². The Bertz CT molecular complexity index is 1180. The minimum Gasteiger partial charge on any atom is -0.488 e. The molecule has 40 heavy (non-hydrogen) atoms. The Balaban J connectivity index is 1.38. The van der Waals surface area contributed by atoms with Gasteiger partial charge in [-0.1, -0.05) is 24.3 Å². The van der Waals surface area contributed by atoms with Crippen LogP contribution in [-0.2, 0) is 20.8 Å². The number of carbonyl (C=O) groups is 2. The van der Waals surface area contributed by atoms with Gasteiger partial charge in [0, 0.05) is 36.8 Å². The number of anilines is 1. The number of nitrogens with zero attached hydrogens (tertiary/aromatic N) is 1. The van der Waals surface area contributed by atoms with Crippen molar-refractivity contribution in [2.24, 2.45) is 0 Å². The van der Waals surface area contributed by atoms with Crippen LogP contribution < -0.4 is 15.4 Å². The lowest BCUT2D eigenvalue weighted by molar-refractivity contribution is -0.145. The molecule has 4 rings (SSSR count). The fourth-order valence-corrected chi connectivity index (χ4v) is 5.74. The number of esters is 1. The average Bonchev–Trinajstić information content (AvgIpc) is 3.32. The molecule has 0 unspecified atom stereocenters. The normalized spacial score (nSPS) is 23.0. The molecule has 1 saturated carbocycles. The number of carbonyl (C=O) groups excluding carboxylic acids is 2. The Morgan fingerprint density at radius 3 is 2.48 bits per heavy atom. The third-order valence-electron chi connectivity index (χ3n) is 7.50. The summed E-state index contributed by atoms with van der Waals surface area (Å²) in [6.45, 7) is 6.28. The van der Waals surface area contributed by atoms with Gasteiger partial charge < -0.3 is 24.8 Å². The van der Waals surface area contributed by atoms with Crippen molar-refractivity contribution < 1.29 is 28.2 Å². The summed E-state index contributed by atoms with van der Waals surface area (Å²) in [5.41, 5.74) is 2.70. The monoisotopic (exact) mass is 555 g/mol. The second kappa shape index (κ2) is 12.9. The maximum Gasteiger partial charge on any atom is 0.411 e. The molecule has 9 heteroatoms. The molecule has 1 saturated heterocycles. The van der Waals surface area contributed by atoms with Crippen LogP contribution in [0.3, 0.4) is 0 Å². The molecule has 0 radical (unpaired) electrons. The van der Waals surface area contributed by atoms with E-state index in [-0.39, 0.29) is 19.0 Å². The van der Waals surface area contributed by atoms with Crippen molar-refractivity contribution in [3.8, 4) is 5.75 Å². The van der Waals surface area contributed by atoms with Gasteiger partial charge in [-0.25, -0.2) is 14.0 Å². The van der Waals surface area contributed by atoms with Crippen molar-refractivity contribution in [3.63, 3.8) is 0 Å². The molecule has 1 aliphatic carbocycles. The maximum atomic E-state index is 14.6. The Morgan fingerprint density at radius 1 is 1.07 bits per heavy atom. The molecule has 2 atom stereocenters. The lowest BCUT2D eigenvalue weighted by Crippen LogP contribution is -2.44. The van der Waals surface area contributed by atoms with Crippen LogP contribution in [0, 0.1) is 5.82 Å². The number of rotatable bonds is 8. The largest absolute Gasteiger partial charge is 0.488 e. The first-order valence-electron chi connectivity index (χ1n) is 14.1. The van der Waals surface area contributed by atoms with Crippen LogP contribution in [0.2, 0.25) is 0 Å². The van der Waals surface area contributed by atoms with Crippen LogP contribution in [0.15, 0.2) is 42.5 Å². The molecule has 2 aromatic rings. The summed E-state index contributed by atoms with van der Waals surface area (Å²) in [5.74, 6) is -0.0900. The molecule has 0 aromatic heterocycles. The van der Waals surface area contributed by atoms with E-state index in [2.05, 4.69) is 34.9 Å². The van der Waals surface area contributed by atoms with Gasteiger partial charge in [-0.2, -0.15) is 0 Å². The lowest BCUT2D eigenvalue weighted by Gasteiger charge is -2.31. The minimum absolute atomic E-state index is 0.132. The standard InChI is InChI=1S/C31H42FN3O5/c1-31(2,3)40-30(37)35-19-26(17-28(35)29(36)38-5)39-25-15-22(32)14-24(16-25)34-23-12-10-20(11-13-23)27-9-7-6-8-21(27)18-33-4/h6-9,14-16,20,23,26,28,33-34H,10-13,17-19H2,1-5H3/t20?,23?,26-,28-/m0/s1. The maximum absolute atomic E-state index is 14.6. The van der Waals surface area contributed by atoms with E-state index in [1.54, 1.807) is 26.8 Å². The molecule has 0 bridgehead atoms. The van der Waals surface area contributed by atoms with Crippen molar-refractivity contribution in [2.45, 2.75) is 89.1 Å². The summed E-state index contributed by atoms with van der Waals surface area (Å²) in [4.78, 5) is 26.5. The molecule has 2 aliphatic rings. The van der Waals surface area contributed by atoms with Crippen molar-refractivity contribution in [1.82, 2.24) is 10.2 Å². The number of halogens is 1. The van der Waals surface area contributed by atoms with E-state index < -0.39 is 35.6 Å². The van der Waals surface area contributed by atoms with Crippen LogP contribution in [-0.4, -0.2) is 61.5 Å². The Labute approximate surface area is 236 Å². The Kier molecular flexibility index (Phi) is 9.56. The molecule has 2 aromatic carbocycles. The first-order valence-corrected chi connectivity index (χ1v) is 14.1. The third kappa shape index (κ3) is 7.65. The highest BCUT2D eigenvalue weighted by Crippen LogP contribution is 2.36. The summed E-state index contributed by atoms with van der Waals surface area (Å²) in [6, 6.07) is 12.6. The quantitative estimate of drug-likeness (QED) is 0.409. The highest BCUT2D eigenvalue weighted by molar-refractivity contribution is 5.82. The Morgan fingerprint density at radius 2 is 1.80 bits per heavy atom. The van der Waals surface area contributed by atoms with Gasteiger partial charge in [0.2, 0.25) is 0 Å². The molecular weight excluding hydrogens is 513 g/mol. The van der Waals surface area contributed by atoms with Gasteiger partial charge in [0.25, 0.3) is 0 Å². The third-order valence-corrected chi connectivity index (χ3v) is 7.50. The van der Waals surface area contributed by atoms with E-state index >= 15 is 0 Å². The second-order valence-corrected chi connectivity index (χ2v) is 11.7. The number of benzene rings is 2. The van der Waals surface area contributed by atoms with Crippen molar-refractivity contribution >= 4 is 17.7 Å². The van der Waals surface area contributed by atoms with Gasteiger partial charge in [0.1, 0.15) is 29.3 Å². The predicted octanol–water partition coefficient (Wildman–Crippen LogP) is 5.61. The summed E-state index contributed by atoms with van der Waals surface area (Å²) >= 11 is 0. The van der Waals surface area contributed by atoms with Gasteiger partial charge in [0.15, 0.2) is 0 Å². The highest BCUT2D eigenvalue weighted by Gasteiger charge is 2.43. The number of likely N-dealkylation sites (tertiary alicyclic amines) is 1. The van der Waals surface area contributed by atoms with Gasteiger partial charge >= 0.3 is 12.1 Å². The summed E-state index contributed by atoms with van der Waals surface area (Å²) < 4.78 is 31.1. The number of methoxy groups -OCH3 is 1. The van der Waals surface area contributed by atoms with E-state index in [9.17, 15) is 14.0 Å². The number of ether oxygens (including phenoxy) is 3. The molecule has 2 N–H and O–H groups in total. The first kappa shape index (κ1) is 29.6. The average molecular weight is 556 g/mol. The van der Waals surface area contributed by atoms with Crippen molar-refractivity contribution in [2.75, 3.05) is 26.0 Å². The fourth-order valence-electron chi connectivity index (χ4n) is 5.74. The topological polar surface area (TPSA) is 89.1 Å². The molecular formula is C31H42FN3O5. The summed E-state index contributed by atoms with van der Waals surface area (Å²) in [6.07, 6.45) is 3.20. The van der Waals surface area contributed by atoms with E-state index in [1.807, 2.05) is 7.05 Å². The highest BCUT2D eigenvalue weighted by atomic mass is 19.1. The van der Waals surface area contributed by atoms with Crippen LogP contribution in [0.1, 0.15) is 69.9 Å². The number of nitrogens with one attached hydrogen (secondary N) is 2. The fraction of sp³-hybridized carbons (Fsp3) is 0.548. The van der Waals surface area contributed by atoms with Crippen LogP contribution in [0.5, 0.6) is 5.75 Å². The van der Waals surface area contributed by atoms with Crippen LogP contribution in [0.4, 0.5) is 14.9 Å². The molecule has 1 aliphatic heterocycles. The van der Waals surface area contributed by atoms with E-state index in [0.29, 0.717) is 17.4 Å². The number of hydrogen-bond acceptors (Lipinski definition) is 7. The zero-order chi connectivity index (χ0) is 28.9. The first-order chi connectivity index (χ1) is 19.1. The SMILES string of the molecule is CNCc1ccccc1C1CCC(Nc2cc(F)cc(O[C@H]3C[C@@H](C(=O)OC)N(C(=O)OC(C)(C)C)C3)c2)CC1. The van der Waals surface area contributed by atoms with Crippen LogP contribution in [0.25, 0.3) is 0 Å². The molecule has 1 amide bonds. The molecule has 218 valence electrons. The van der Waals surface area contributed by atoms with Crippen LogP contribution >= 0.6 is 0 Å². The molecule has 1 heterocycles. The second-order valence-electron chi connectivity index (χ2n) is 11.7. The number of hydrogen-bond donors (Lipinski definition) is 2. The zero-order valence-electron chi connectivity index (χ0n) is 24.2. The summed E-state index contributed by atoms with van der Waals surface area (Å²) in [5, 5.41) is 6.76. The Hall–Kier alpha value is -3.33. The molecule has 8 nitrogen and oxygen atoms in total. The minimum atomic E-state index is -0.829.